The quantitative estimate of drug-likeness (QED) is 0.533. The molecule has 0 spiro atoms. The number of hydrogen-bond acceptors (Lipinski definition) is 3. The zero-order valence-corrected chi connectivity index (χ0v) is 17.5. The van der Waals surface area contributed by atoms with E-state index in [0.717, 1.165) is 43.9 Å². The SMILES string of the molecule is Cc1cc2c(cc1F)c(C#N)c(C1N=CC=CN1[C@@H](C)C(F)(F)F)n2C1CCCCC1. The van der Waals surface area contributed by atoms with Gasteiger partial charge in [-0.1, -0.05) is 19.3 Å². The molecule has 1 saturated carbocycles. The highest BCUT2D eigenvalue weighted by atomic mass is 19.4. The largest absolute Gasteiger partial charge is 0.408 e. The van der Waals surface area contributed by atoms with E-state index in [1.54, 1.807) is 13.0 Å². The van der Waals surface area contributed by atoms with E-state index >= 15 is 0 Å². The van der Waals surface area contributed by atoms with Gasteiger partial charge < -0.3 is 9.47 Å². The van der Waals surface area contributed by atoms with Crippen LogP contribution < -0.4 is 0 Å². The van der Waals surface area contributed by atoms with Crippen molar-refractivity contribution in [2.75, 3.05) is 0 Å². The molecule has 31 heavy (non-hydrogen) atoms. The molecular weight excluding hydrogens is 408 g/mol. The predicted molar refractivity (Wildman–Crippen MR) is 111 cm³/mol. The second kappa shape index (κ2) is 8.03. The number of aromatic nitrogens is 1. The second-order valence-corrected chi connectivity index (χ2v) is 8.33. The molecule has 1 fully saturated rings. The summed E-state index contributed by atoms with van der Waals surface area (Å²) in [5.74, 6) is -0.441. The van der Waals surface area contributed by atoms with Gasteiger partial charge in [0.05, 0.1) is 16.8 Å². The van der Waals surface area contributed by atoms with Crippen LogP contribution in [0, 0.1) is 24.1 Å². The molecule has 2 atom stereocenters. The van der Waals surface area contributed by atoms with Gasteiger partial charge in [-0.15, -0.1) is 0 Å². The van der Waals surface area contributed by atoms with Crippen LogP contribution in [0.15, 0.2) is 29.4 Å². The first-order valence-corrected chi connectivity index (χ1v) is 10.5. The molecule has 0 saturated heterocycles. The number of benzene rings is 1. The van der Waals surface area contributed by atoms with E-state index in [-0.39, 0.29) is 11.6 Å². The number of alkyl halides is 3. The Morgan fingerprint density at radius 2 is 1.90 bits per heavy atom. The van der Waals surface area contributed by atoms with Crippen LogP contribution in [0.3, 0.4) is 0 Å². The summed E-state index contributed by atoms with van der Waals surface area (Å²) in [5.41, 5.74) is 1.72. The van der Waals surface area contributed by atoms with Crippen molar-refractivity contribution in [2.45, 2.75) is 70.4 Å². The van der Waals surface area contributed by atoms with Crippen molar-refractivity contribution in [2.24, 2.45) is 4.99 Å². The van der Waals surface area contributed by atoms with Gasteiger partial charge in [-0.2, -0.15) is 18.4 Å². The van der Waals surface area contributed by atoms with Crippen molar-refractivity contribution in [3.05, 3.63) is 47.0 Å². The molecule has 0 radical (unpaired) electrons. The number of allylic oxidation sites excluding steroid dienone is 1. The minimum atomic E-state index is -4.47. The highest BCUT2D eigenvalue weighted by molar-refractivity contribution is 5.89. The van der Waals surface area contributed by atoms with Gasteiger partial charge in [-0.05, 0) is 50.5 Å². The van der Waals surface area contributed by atoms with E-state index in [1.165, 1.54) is 24.6 Å². The van der Waals surface area contributed by atoms with Crippen molar-refractivity contribution in [1.29, 1.82) is 5.26 Å². The predicted octanol–water partition coefficient (Wildman–Crippen LogP) is 6.32. The Morgan fingerprint density at radius 3 is 2.55 bits per heavy atom. The van der Waals surface area contributed by atoms with E-state index < -0.39 is 24.2 Å². The van der Waals surface area contributed by atoms with Crippen LogP contribution in [0.25, 0.3) is 10.9 Å². The third-order valence-electron chi connectivity index (χ3n) is 6.39. The monoisotopic (exact) mass is 432 g/mol. The number of rotatable bonds is 3. The standard InChI is InChI=1S/C23H24F4N4/c1-14-11-20-17(12-19(14)24)18(13-28)21(31(20)16-7-4-3-5-8-16)22-29-9-6-10-30(22)15(2)23(25,26)27/h6,9-12,15-16,22H,3-5,7-8H2,1-2H3/t15-,22?/m0/s1. The van der Waals surface area contributed by atoms with Crippen LogP contribution in [0.4, 0.5) is 17.6 Å². The van der Waals surface area contributed by atoms with E-state index in [1.807, 2.05) is 4.57 Å². The van der Waals surface area contributed by atoms with Gasteiger partial charge in [-0.3, -0.25) is 4.99 Å². The summed E-state index contributed by atoms with van der Waals surface area (Å²) in [4.78, 5) is 5.50. The molecule has 1 aliphatic heterocycles. The van der Waals surface area contributed by atoms with Crippen LogP contribution in [0.5, 0.6) is 0 Å². The minimum Gasteiger partial charge on any atom is -0.339 e. The van der Waals surface area contributed by atoms with Crippen molar-refractivity contribution in [3.8, 4) is 6.07 Å². The van der Waals surface area contributed by atoms with Crippen molar-refractivity contribution >= 4 is 17.1 Å². The van der Waals surface area contributed by atoms with Crippen molar-refractivity contribution in [1.82, 2.24) is 9.47 Å². The zero-order chi connectivity index (χ0) is 22.3. The average molecular weight is 432 g/mol. The van der Waals surface area contributed by atoms with Crippen LogP contribution >= 0.6 is 0 Å². The lowest BCUT2D eigenvalue weighted by atomic mass is 9.94. The van der Waals surface area contributed by atoms with Gasteiger partial charge in [0.2, 0.25) is 0 Å². The number of fused-ring (bicyclic) bond motifs is 1. The fraction of sp³-hybridized carbons (Fsp3) is 0.478. The molecule has 164 valence electrons. The highest BCUT2D eigenvalue weighted by Crippen LogP contribution is 2.43. The van der Waals surface area contributed by atoms with Gasteiger partial charge in [0.1, 0.15) is 17.9 Å². The van der Waals surface area contributed by atoms with E-state index in [0.29, 0.717) is 22.2 Å². The van der Waals surface area contributed by atoms with Gasteiger partial charge in [-0.25, -0.2) is 4.39 Å². The fourth-order valence-corrected chi connectivity index (χ4v) is 4.71. The molecule has 8 heteroatoms. The summed E-state index contributed by atoms with van der Waals surface area (Å²) in [6.45, 7) is 2.74. The molecule has 4 rings (SSSR count). The Morgan fingerprint density at radius 1 is 1.19 bits per heavy atom. The average Bonchev–Trinajstić information content (AvgIpc) is 3.06. The molecule has 0 amide bonds. The molecule has 1 aromatic heterocycles. The highest BCUT2D eigenvalue weighted by Gasteiger charge is 2.44. The number of halogens is 4. The molecular formula is C23H24F4N4. The maximum atomic E-state index is 14.4. The Labute approximate surface area is 178 Å². The van der Waals surface area contributed by atoms with Crippen molar-refractivity contribution < 1.29 is 17.6 Å². The number of nitrogens with zero attached hydrogens (tertiary/aromatic N) is 4. The molecule has 1 unspecified atom stereocenters. The smallest absolute Gasteiger partial charge is 0.339 e. The third kappa shape index (κ3) is 3.71. The number of aliphatic imine (C=N–C) groups is 1. The lowest BCUT2D eigenvalue weighted by Gasteiger charge is -2.37. The lowest BCUT2D eigenvalue weighted by molar-refractivity contribution is -0.177. The normalized spacial score (nSPS) is 20.9. The Hall–Kier alpha value is -2.82. The van der Waals surface area contributed by atoms with Gasteiger partial charge in [0.15, 0.2) is 6.17 Å². The van der Waals surface area contributed by atoms with Crippen molar-refractivity contribution in [3.63, 3.8) is 0 Å². The fourth-order valence-electron chi connectivity index (χ4n) is 4.71. The third-order valence-corrected chi connectivity index (χ3v) is 6.39. The molecule has 0 N–H and O–H groups in total. The van der Waals surface area contributed by atoms with Crippen LogP contribution in [-0.2, 0) is 0 Å². The maximum Gasteiger partial charge on any atom is 0.408 e. The summed E-state index contributed by atoms with van der Waals surface area (Å²) in [6, 6.07) is 3.40. The van der Waals surface area contributed by atoms with E-state index in [2.05, 4.69) is 11.1 Å². The Balaban J connectivity index is 1.98. The summed E-state index contributed by atoms with van der Waals surface area (Å²) in [5, 5.41) is 10.4. The summed E-state index contributed by atoms with van der Waals surface area (Å²) in [7, 11) is 0. The van der Waals surface area contributed by atoms with Crippen LogP contribution in [0.1, 0.15) is 68.1 Å². The zero-order valence-electron chi connectivity index (χ0n) is 17.5. The van der Waals surface area contributed by atoms with E-state index in [9.17, 15) is 22.8 Å². The number of nitriles is 1. The first-order valence-electron chi connectivity index (χ1n) is 10.5. The van der Waals surface area contributed by atoms with Crippen LogP contribution in [-0.4, -0.2) is 27.9 Å². The molecule has 4 nitrogen and oxygen atoms in total. The maximum absolute atomic E-state index is 14.4. The Bertz CT molecular complexity index is 1080. The molecule has 2 aliphatic rings. The molecule has 2 aromatic rings. The summed E-state index contributed by atoms with van der Waals surface area (Å²) >= 11 is 0. The van der Waals surface area contributed by atoms with Crippen LogP contribution in [0.2, 0.25) is 0 Å². The molecule has 1 aliphatic carbocycles. The first-order chi connectivity index (χ1) is 14.7. The second-order valence-electron chi connectivity index (χ2n) is 8.33. The minimum absolute atomic E-state index is 0.0300. The van der Waals surface area contributed by atoms with Gasteiger partial charge in [0.25, 0.3) is 0 Å². The number of hydrogen-bond donors (Lipinski definition) is 0. The Kier molecular flexibility index (Phi) is 5.54. The molecule has 1 aromatic carbocycles. The molecule has 2 heterocycles. The summed E-state index contributed by atoms with van der Waals surface area (Å²) < 4.78 is 57.3. The number of aryl methyl sites for hydroxylation is 1. The summed E-state index contributed by atoms with van der Waals surface area (Å²) in [6.07, 6.45) is 3.63. The van der Waals surface area contributed by atoms with Gasteiger partial charge >= 0.3 is 6.18 Å². The topological polar surface area (TPSA) is 44.3 Å². The lowest BCUT2D eigenvalue weighted by Crippen LogP contribution is -2.43. The van der Waals surface area contributed by atoms with E-state index in [4.69, 9.17) is 0 Å². The molecule has 0 bridgehead atoms. The first kappa shape index (κ1) is 21.4. The van der Waals surface area contributed by atoms with Gasteiger partial charge in [0, 0.05) is 23.8 Å².